The fourth-order valence-corrected chi connectivity index (χ4v) is 0.818. The van der Waals surface area contributed by atoms with Gasteiger partial charge in [-0.3, -0.25) is 0 Å². The number of nitrogens with one attached hydrogen (secondary N) is 1. The first-order valence-corrected chi connectivity index (χ1v) is 2.89. The average molecular weight is 152 g/mol. The number of H-pyrrole nitrogens is 1. The summed E-state index contributed by atoms with van der Waals surface area (Å²) in [4.78, 5) is 13.1. The molecule has 0 bridgehead atoms. The Morgan fingerprint density at radius 1 is 1.45 bits per heavy atom. The van der Waals surface area contributed by atoms with E-state index >= 15 is 0 Å². The smallest absolute Gasteiger partial charge is 0.289 e. The van der Waals surface area contributed by atoms with Crippen LogP contribution in [0.3, 0.4) is 0 Å². The molecule has 0 radical (unpaired) electrons. The van der Waals surface area contributed by atoms with Gasteiger partial charge in [-0.25, -0.2) is 9.97 Å². The molecule has 3 N–H and O–H groups in total. The van der Waals surface area contributed by atoms with Gasteiger partial charge < -0.3 is 10.7 Å². The monoisotopic (exact) mass is 152 g/mol. The van der Waals surface area contributed by atoms with E-state index in [1.165, 1.54) is 6.33 Å². The van der Waals surface area contributed by atoms with E-state index in [-0.39, 0.29) is 11.5 Å². The van der Waals surface area contributed by atoms with Crippen LogP contribution < -0.4 is 5.73 Å². The van der Waals surface area contributed by atoms with Crippen LogP contribution >= 0.6 is 0 Å². The number of nitrogens with zero attached hydrogens (tertiary/aromatic N) is 3. The van der Waals surface area contributed by atoms with Gasteiger partial charge in [0.2, 0.25) is 0 Å². The van der Waals surface area contributed by atoms with Crippen LogP contribution in [0.1, 0.15) is 0 Å². The Hall–Kier alpha value is -1.72. The van der Waals surface area contributed by atoms with E-state index in [9.17, 15) is 4.39 Å². The minimum absolute atomic E-state index is 0.200. The van der Waals surface area contributed by atoms with Gasteiger partial charge in [-0.2, -0.15) is 9.37 Å². The summed E-state index contributed by atoms with van der Waals surface area (Å²) >= 11 is 0. The van der Waals surface area contributed by atoms with Crippen molar-refractivity contribution in [3.8, 4) is 0 Å². The van der Waals surface area contributed by atoms with E-state index < -0.39 is 6.08 Å². The standard InChI is InChI=1S/C5H4FN5/c6-5-10-2-3(7)8-1-9-4(2)11-5/h1H,(H3,7,8,9,10,11)/i6-1. The molecule has 2 aromatic heterocycles. The van der Waals surface area contributed by atoms with Crippen molar-refractivity contribution in [1.82, 2.24) is 19.9 Å². The fraction of sp³-hybridized carbons (Fsp3) is 0. The number of rotatable bonds is 0. The SMILES string of the molecule is Nc1ncnc2nc([18F])[nH]c12. The van der Waals surface area contributed by atoms with E-state index in [1.54, 1.807) is 0 Å². The minimum atomic E-state index is -0.702. The van der Waals surface area contributed by atoms with Crippen LogP contribution in [-0.4, -0.2) is 19.9 Å². The molecule has 0 saturated carbocycles. The summed E-state index contributed by atoms with van der Waals surface area (Å²) in [7, 11) is 0. The Morgan fingerprint density at radius 2 is 2.27 bits per heavy atom. The molecular formula is C5H4FN5. The molecule has 0 unspecified atom stereocenters. The number of aromatic nitrogens is 4. The molecule has 6 heteroatoms. The summed E-state index contributed by atoms with van der Waals surface area (Å²) in [5.74, 6) is 0.200. The lowest BCUT2D eigenvalue weighted by Gasteiger charge is -1.89. The maximum absolute atomic E-state index is 12.4. The number of nitrogens with two attached hydrogens (primary N) is 1. The molecule has 0 aliphatic heterocycles. The second kappa shape index (κ2) is 1.88. The van der Waals surface area contributed by atoms with Crippen LogP contribution in [0.5, 0.6) is 0 Å². The Labute approximate surface area is 60.5 Å². The maximum Gasteiger partial charge on any atom is 0.289 e. The van der Waals surface area contributed by atoms with E-state index in [0.717, 1.165) is 0 Å². The molecule has 2 rings (SSSR count). The average Bonchev–Trinajstić information content (AvgIpc) is 2.31. The molecule has 2 heterocycles. The molecule has 56 valence electrons. The molecule has 0 fully saturated rings. The van der Waals surface area contributed by atoms with E-state index in [1.807, 2.05) is 0 Å². The first-order valence-electron chi connectivity index (χ1n) is 2.89. The number of halogens is 1. The van der Waals surface area contributed by atoms with Crippen LogP contribution in [0.4, 0.5) is 10.2 Å². The summed E-state index contributed by atoms with van der Waals surface area (Å²) in [6.45, 7) is 0. The molecule has 0 aliphatic rings. The lowest BCUT2D eigenvalue weighted by molar-refractivity contribution is 0.556. The van der Waals surface area contributed by atoms with Crippen molar-refractivity contribution in [1.29, 1.82) is 0 Å². The zero-order valence-corrected chi connectivity index (χ0v) is 5.37. The predicted molar refractivity (Wildman–Crippen MR) is 36.1 cm³/mol. The van der Waals surface area contributed by atoms with E-state index in [2.05, 4.69) is 19.9 Å². The molecule has 5 nitrogen and oxygen atoms in total. The van der Waals surface area contributed by atoms with Crippen molar-refractivity contribution < 1.29 is 4.39 Å². The maximum atomic E-state index is 12.4. The van der Waals surface area contributed by atoms with Gasteiger partial charge in [0.1, 0.15) is 11.8 Å². The third-order valence-corrected chi connectivity index (χ3v) is 1.29. The van der Waals surface area contributed by atoms with Gasteiger partial charge in [-0.05, 0) is 0 Å². The van der Waals surface area contributed by atoms with Gasteiger partial charge in [-0.1, -0.05) is 0 Å². The molecule has 0 spiro atoms. The van der Waals surface area contributed by atoms with Crippen LogP contribution in [-0.2, 0) is 0 Å². The third kappa shape index (κ3) is 0.794. The lowest BCUT2D eigenvalue weighted by atomic mass is 10.5. The number of aromatic amines is 1. The zero-order chi connectivity index (χ0) is 7.84. The molecule has 0 aromatic carbocycles. The normalized spacial score (nSPS) is 10.6. The van der Waals surface area contributed by atoms with Crippen LogP contribution in [0.25, 0.3) is 11.2 Å². The molecule has 11 heavy (non-hydrogen) atoms. The number of fused-ring (bicyclic) bond motifs is 1. The van der Waals surface area contributed by atoms with Gasteiger partial charge >= 0.3 is 0 Å². The number of hydrogen-bond donors (Lipinski definition) is 2. The fourth-order valence-electron chi connectivity index (χ4n) is 0.818. The number of hydrogen-bond acceptors (Lipinski definition) is 4. The van der Waals surface area contributed by atoms with Crippen LogP contribution in [0, 0.1) is 6.08 Å². The van der Waals surface area contributed by atoms with Crippen LogP contribution in [0.2, 0.25) is 0 Å². The predicted octanol–water partition coefficient (Wildman–Crippen LogP) is 0.0742. The van der Waals surface area contributed by atoms with Crippen molar-refractivity contribution in [3.05, 3.63) is 12.4 Å². The van der Waals surface area contributed by atoms with Crippen molar-refractivity contribution in [3.63, 3.8) is 0 Å². The highest BCUT2D eigenvalue weighted by molar-refractivity contribution is 5.80. The highest BCUT2D eigenvalue weighted by Gasteiger charge is 2.05. The topological polar surface area (TPSA) is 80.5 Å². The molecule has 0 amide bonds. The summed E-state index contributed by atoms with van der Waals surface area (Å²) in [6, 6.07) is 0. The summed E-state index contributed by atoms with van der Waals surface area (Å²) in [5.41, 5.74) is 5.96. The summed E-state index contributed by atoms with van der Waals surface area (Å²) in [5, 5.41) is 0. The van der Waals surface area contributed by atoms with Crippen molar-refractivity contribution in [2.45, 2.75) is 0 Å². The Bertz CT molecular complexity index is 395. The second-order valence-electron chi connectivity index (χ2n) is 1.99. The quantitative estimate of drug-likeness (QED) is 0.523. The zero-order valence-electron chi connectivity index (χ0n) is 5.37. The largest absolute Gasteiger partial charge is 0.382 e. The van der Waals surface area contributed by atoms with Crippen molar-refractivity contribution in [2.75, 3.05) is 5.73 Å². The van der Waals surface area contributed by atoms with Gasteiger partial charge in [-0.15, -0.1) is 0 Å². The third-order valence-electron chi connectivity index (χ3n) is 1.29. The molecular weight excluding hydrogens is 148 g/mol. The van der Waals surface area contributed by atoms with Gasteiger partial charge in [0, 0.05) is 0 Å². The highest BCUT2D eigenvalue weighted by Crippen LogP contribution is 2.11. The second-order valence-corrected chi connectivity index (χ2v) is 1.99. The Morgan fingerprint density at radius 3 is 3.00 bits per heavy atom. The van der Waals surface area contributed by atoms with Gasteiger partial charge in [0.05, 0.1) is 0 Å². The van der Waals surface area contributed by atoms with Crippen LogP contribution in [0.15, 0.2) is 6.33 Å². The Balaban J connectivity index is 2.90. The summed E-state index contributed by atoms with van der Waals surface area (Å²) < 4.78 is 12.4. The lowest BCUT2D eigenvalue weighted by Crippen LogP contribution is -1.91. The van der Waals surface area contributed by atoms with Gasteiger partial charge in [0.15, 0.2) is 11.5 Å². The number of anilines is 1. The highest BCUT2D eigenvalue weighted by atomic mass is 18.2. The van der Waals surface area contributed by atoms with Crippen molar-refractivity contribution >= 4 is 17.0 Å². The van der Waals surface area contributed by atoms with E-state index in [4.69, 9.17) is 5.73 Å². The molecule has 0 atom stereocenters. The summed E-state index contributed by atoms with van der Waals surface area (Å²) in [6.07, 6.45) is 0.532. The number of imidazole rings is 1. The van der Waals surface area contributed by atoms with Gasteiger partial charge in [0.25, 0.3) is 6.08 Å². The minimum Gasteiger partial charge on any atom is -0.382 e. The first kappa shape index (κ1) is 6.02. The van der Waals surface area contributed by atoms with E-state index in [0.29, 0.717) is 5.52 Å². The first-order chi connectivity index (χ1) is 5.27. The van der Waals surface area contributed by atoms with Crippen molar-refractivity contribution in [2.24, 2.45) is 0 Å². The molecule has 0 aliphatic carbocycles. The molecule has 0 saturated heterocycles. The Kier molecular flexibility index (Phi) is 1.03. The molecule has 2 aromatic rings. The number of nitrogen functional groups attached to an aromatic ring is 1.